The van der Waals surface area contributed by atoms with Crippen molar-refractivity contribution in [2.75, 3.05) is 12.4 Å². The Morgan fingerprint density at radius 3 is 2.69 bits per heavy atom. The average Bonchev–Trinajstić information content (AvgIpc) is 3.04. The van der Waals surface area contributed by atoms with Crippen molar-refractivity contribution in [3.8, 4) is 0 Å². The lowest BCUT2D eigenvalue weighted by atomic mass is 10.2. The molecule has 2 aromatic rings. The van der Waals surface area contributed by atoms with Gasteiger partial charge in [0.2, 0.25) is 10.0 Å². The van der Waals surface area contributed by atoms with Crippen LogP contribution in [0.4, 0.5) is 10.5 Å². The zero-order valence-electron chi connectivity index (χ0n) is 14.6. The van der Waals surface area contributed by atoms with E-state index in [1.54, 1.807) is 26.1 Å². The van der Waals surface area contributed by atoms with Gasteiger partial charge >= 0.3 is 6.03 Å². The topological polar surface area (TPSA) is 113 Å². The molecule has 2 amide bonds. The summed E-state index contributed by atoms with van der Waals surface area (Å²) in [5, 5.41) is 2.66. The predicted molar refractivity (Wildman–Crippen MR) is 95.2 cm³/mol. The highest BCUT2D eigenvalue weighted by molar-refractivity contribution is 7.89. The first-order valence-corrected chi connectivity index (χ1v) is 9.36. The summed E-state index contributed by atoms with van der Waals surface area (Å²) in [5.74, 6) is 0.584. The number of aryl methyl sites for hydroxylation is 1. The van der Waals surface area contributed by atoms with Crippen LogP contribution >= 0.6 is 0 Å². The lowest BCUT2D eigenvalue weighted by Gasteiger charge is -2.16. The van der Waals surface area contributed by atoms with E-state index in [-0.39, 0.29) is 23.5 Å². The van der Waals surface area contributed by atoms with E-state index in [4.69, 9.17) is 0 Å². The zero-order valence-corrected chi connectivity index (χ0v) is 15.4. The van der Waals surface area contributed by atoms with Crippen LogP contribution in [0.1, 0.15) is 17.1 Å². The van der Waals surface area contributed by atoms with E-state index in [1.807, 2.05) is 0 Å². The summed E-state index contributed by atoms with van der Waals surface area (Å²) in [5.41, 5.74) is 1.27. The second kappa shape index (κ2) is 6.54. The molecule has 138 valence electrons. The summed E-state index contributed by atoms with van der Waals surface area (Å²) in [4.78, 5) is 30.7. The number of fused-ring (bicyclic) bond motifs is 1. The van der Waals surface area contributed by atoms with Crippen LogP contribution in [0.5, 0.6) is 0 Å². The number of nitrogens with one attached hydrogen (secondary N) is 2. The molecular formula is C16H19N5O4S. The number of carbonyl (C=O) groups is 1. The van der Waals surface area contributed by atoms with Crippen LogP contribution in [0.3, 0.4) is 0 Å². The van der Waals surface area contributed by atoms with Gasteiger partial charge in [0.05, 0.1) is 29.2 Å². The maximum atomic E-state index is 12.5. The molecule has 1 aliphatic rings. The first kappa shape index (κ1) is 18.1. The van der Waals surface area contributed by atoms with E-state index in [1.165, 1.54) is 28.6 Å². The highest BCUT2D eigenvalue weighted by Crippen LogP contribution is 2.20. The summed E-state index contributed by atoms with van der Waals surface area (Å²) in [7, 11) is -0.646. The van der Waals surface area contributed by atoms with Gasteiger partial charge in [0, 0.05) is 12.7 Å². The van der Waals surface area contributed by atoms with Gasteiger partial charge in [-0.05, 0) is 32.2 Å². The van der Waals surface area contributed by atoms with E-state index in [2.05, 4.69) is 15.0 Å². The molecule has 2 heterocycles. The van der Waals surface area contributed by atoms with E-state index >= 15 is 0 Å². The van der Waals surface area contributed by atoms with Gasteiger partial charge in [-0.25, -0.2) is 22.9 Å². The van der Waals surface area contributed by atoms with Crippen LogP contribution in [-0.4, -0.2) is 35.9 Å². The maximum Gasteiger partial charge on any atom is 0.322 e. The Balaban J connectivity index is 1.79. The van der Waals surface area contributed by atoms with Gasteiger partial charge in [-0.2, -0.15) is 0 Å². The van der Waals surface area contributed by atoms with Crippen molar-refractivity contribution in [2.45, 2.75) is 24.9 Å². The smallest absolute Gasteiger partial charge is 0.314 e. The first-order valence-electron chi connectivity index (χ1n) is 7.88. The van der Waals surface area contributed by atoms with Crippen LogP contribution < -0.4 is 15.6 Å². The zero-order chi connectivity index (χ0) is 19.1. The third-order valence-corrected chi connectivity index (χ3v) is 5.75. The SMILES string of the molecule is CNS(=O)(=O)c1cccc(NC(=O)N2Cc3nc(C)n(C)c(=O)c3C2)c1. The molecule has 0 atom stereocenters. The minimum absolute atomic E-state index is 0.0497. The van der Waals surface area contributed by atoms with Crippen LogP contribution in [0.15, 0.2) is 34.0 Å². The van der Waals surface area contributed by atoms with Gasteiger partial charge in [0.15, 0.2) is 0 Å². The lowest BCUT2D eigenvalue weighted by molar-refractivity contribution is 0.212. The molecule has 1 aromatic carbocycles. The number of benzene rings is 1. The number of hydrogen-bond acceptors (Lipinski definition) is 5. The average molecular weight is 377 g/mol. The van der Waals surface area contributed by atoms with E-state index in [0.29, 0.717) is 22.8 Å². The Bertz CT molecular complexity index is 1050. The maximum absolute atomic E-state index is 12.5. The van der Waals surface area contributed by atoms with Gasteiger partial charge < -0.3 is 10.2 Å². The normalized spacial score (nSPS) is 13.6. The molecule has 1 aromatic heterocycles. The molecule has 10 heteroatoms. The number of nitrogens with zero attached hydrogens (tertiary/aromatic N) is 3. The van der Waals surface area contributed by atoms with Gasteiger partial charge in [-0.15, -0.1) is 0 Å². The van der Waals surface area contributed by atoms with E-state index < -0.39 is 16.1 Å². The van der Waals surface area contributed by atoms with Crippen molar-refractivity contribution in [3.05, 3.63) is 51.7 Å². The van der Waals surface area contributed by atoms with Crippen molar-refractivity contribution < 1.29 is 13.2 Å². The minimum Gasteiger partial charge on any atom is -0.314 e. The molecule has 9 nitrogen and oxygen atoms in total. The fourth-order valence-electron chi connectivity index (χ4n) is 2.73. The van der Waals surface area contributed by atoms with Gasteiger partial charge in [-0.3, -0.25) is 9.36 Å². The standard InChI is InChI=1S/C16H19N5O4S/c1-10-18-14-9-21(8-13(14)15(22)20(10)3)16(23)19-11-5-4-6-12(7-11)26(24,25)17-2/h4-7,17H,8-9H2,1-3H3,(H,19,23). The Hall–Kier alpha value is -2.72. The molecular weight excluding hydrogens is 358 g/mol. The molecule has 0 bridgehead atoms. The molecule has 0 aliphatic carbocycles. The number of urea groups is 1. The number of anilines is 1. The second-order valence-corrected chi connectivity index (χ2v) is 7.86. The molecule has 0 fully saturated rings. The fourth-order valence-corrected chi connectivity index (χ4v) is 3.51. The number of sulfonamides is 1. The van der Waals surface area contributed by atoms with Crippen molar-refractivity contribution in [1.29, 1.82) is 0 Å². The van der Waals surface area contributed by atoms with Crippen LogP contribution in [-0.2, 0) is 30.2 Å². The molecule has 3 rings (SSSR count). The lowest BCUT2D eigenvalue weighted by Crippen LogP contribution is -2.31. The summed E-state index contributed by atoms with van der Waals surface area (Å²) < 4.78 is 27.4. The van der Waals surface area contributed by atoms with E-state index in [9.17, 15) is 18.0 Å². The monoisotopic (exact) mass is 377 g/mol. The highest BCUT2D eigenvalue weighted by atomic mass is 32.2. The van der Waals surface area contributed by atoms with Gasteiger partial charge in [0.1, 0.15) is 5.82 Å². The van der Waals surface area contributed by atoms with Crippen LogP contribution in [0, 0.1) is 6.92 Å². The van der Waals surface area contributed by atoms with Gasteiger partial charge in [0.25, 0.3) is 5.56 Å². The minimum atomic E-state index is -3.60. The number of amides is 2. The summed E-state index contributed by atoms with van der Waals surface area (Å²) in [6.07, 6.45) is 0. The van der Waals surface area contributed by atoms with Crippen LogP contribution in [0.25, 0.3) is 0 Å². The molecule has 0 saturated carbocycles. The quantitative estimate of drug-likeness (QED) is 0.811. The van der Waals surface area contributed by atoms with E-state index in [0.717, 1.165) is 0 Å². The first-order chi connectivity index (χ1) is 12.2. The van der Waals surface area contributed by atoms with Crippen LogP contribution in [0.2, 0.25) is 0 Å². The number of carbonyl (C=O) groups excluding carboxylic acids is 1. The summed E-state index contributed by atoms with van der Waals surface area (Å²) >= 11 is 0. The molecule has 1 aliphatic heterocycles. The Morgan fingerprint density at radius 2 is 2.00 bits per heavy atom. The molecule has 0 saturated heterocycles. The number of hydrogen-bond donors (Lipinski definition) is 2. The Kier molecular flexibility index (Phi) is 4.55. The third-order valence-electron chi connectivity index (χ3n) is 4.33. The fraction of sp³-hybridized carbons (Fsp3) is 0.312. The molecule has 0 unspecified atom stereocenters. The Labute approximate surface area is 150 Å². The molecule has 0 spiro atoms. The Morgan fingerprint density at radius 1 is 1.27 bits per heavy atom. The van der Waals surface area contributed by atoms with Crippen molar-refractivity contribution >= 4 is 21.7 Å². The molecule has 0 radical (unpaired) electrons. The molecule has 26 heavy (non-hydrogen) atoms. The summed E-state index contributed by atoms with van der Waals surface area (Å²) in [6.45, 7) is 2.13. The van der Waals surface area contributed by atoms with Gasteiger partial charge in [-0.1, -0.05) is 6.07 Å². The second-order valence-electron chi connectivity index (χ2n) is 5.97. The third kappa shape index (κ3) is 3.20. The number of aromatic nitrogens is 2. The van der Waals surface area contributed by atoms with Crippen molar-refractivity contribution in [1.82, 2.24) is 19.2 Å². The highest BCUT2D eigenvalue weighted by Gasteiger charge is 2.28. The van der Waals surface area contributed by atoms with Crippen molar-refractivity contribution in [3.63, 3.8) is 0 Å². The predicted octanol–water partition coefficient (Wildman–Crippen LogP) is 0.545. The number of rotatable bonds is 3. The van der Waals surface area contributed by atoms with Crippen molar-refractivity contribution in [2.24, 2.45) is 7.05 Å². The summed E-state index contributed by atoms with van der Waals surface area (Å²) in [6, 6.07) is 5.51. The largest absolute Gasteiger partial charge is 0.322 e. The molecule has 2 N–H and O–H groups in total.